The molecule has 5 heteroatoms. The van der Waals surface area contributed by atoms with Crippen molar-refractivity contribution in [1.29, 1.82) is 0 Å². The number of hydrogen-bond donors (Lipinski definition) is 0. The molecule has 92 valence electrons. The average molecular weight is 239 g/mol. The molecule has 0 saturated heterocycles. The van der Waals surface area contributed by atoms with E-state index in [2.05, 4.69) is 4.74 Å². The Bertz CT molecular complexity index is 394. The van der Waals surface area contributed by atoms with Gasteiger partial charge in [-0.3, -0.25) is 4.79 Å². The molecule has 0 bridgehead atoms. The number of nitrogens with zero attached hydrogens (tertiary/aromatic N) is 1. The first-order valence-corrected chi connectivity index (χ1v) is 5.13. The van der Waals surface area contributed by atoms with Gasteiger partial charge in [0, 0.05) is 13.3 Å². The SMILES string of the molecule is COC(=O)[C@H](Cc1ccccc1)N(F)C(C)=O. The third-order valence-corrected chi connectivity index (χ3v) is 2.32. The Labute approximate surface area is 98.9 Å². The number of methoxy groups -OCH3 is 1. The topological polar surface area (TPSA) is 46.6 Å². The monoisotopic (exact) mass is 239 g/mol. The van der Waals surface area contributed by atoms with Crippen molar-refractivity contribution in [2.24, 2.45) is 0 Å². The molecule has 0 fully saturated rings. The van der Waals surface area contributed by atoms with Crippen LogP contribution in [0.25, 0.3) is 0 Å². The number of carbonyl (C=O) groups excluding carboxylic acids is 2. The van der Waals surface area contributed by atoms with Crippen LogP contribution in [0, 0.1) is 0 Å². The van der Waals surface area contributed by atoms with Gasteiger partial charge >= 0.3 is 5.97 Å². The van der Waals surface area contributed by atoms with Crippen molar-refractivity contribution in [2.45, 2.75) is 19.4 Å². The molecule has 1 rings (SSSR count). The van der Waals surface area contributed by atoms with Gasteiger partial charge in [0.05, 0.1) is 7.11 Å². The van der Waals surface area contributed by atoms with Gasteiger partial charge in [-0.15, -0.1) is 0 Å². The molecule has 0 spiro atoms. The van der Waals surface area contributed by atoms with Gasteiger partial charge in [-0.2, -0.15) is 5.12 Å². The smallest absolute Gasteiger partial charge is 0.331 e. The van der Waals surface area contributed by atoms with Crippen LogP contribution in [0.4, 0.5) is 4.48 Å². The molecule has 0 N–H and O–H groups in total. The van der Waals surface area contributed by atoms with Crippen LogP contribution < -0.4 is 0 Å². The lowest BCUT2D eigenvalue weighted by atomic mass is 10.1. The van der Waals surface area contributed by atoms with E-state index in [1.54, 1.807) is 24.3 Å². The van der Waals surface area contributed by atoms with Gasteiger partial charge in [0.2, 0.25) is 5.91 Å². The molecular formula is C12H14FNO3. The molecule has 0 radical (unpaired) electrons. The van der Waals surface area contributed by atoms with Crippen LogP contribution >= 0.6 is 0 Å². The van der Waals surface area contributed by atoms with Crippen molar-refractivity contribution in [3.63, 3.8) is 0 Å². The second-order valence-electron chi connectivity index (χ2n) is 3.56. The molecule has 1 amide bonds. The quantitative estimate of drug-likeness (QED) is 0.591. The highest BCUT2D eigenvalue weighted by molar-refractivity contribution is 5.82. The second kappa shape index (κ2) is 5.98. The maximum Gasteiger partial charge on any atom is 0.331 e. The molecule has 0 heterocycles. The first-order valence-electron chi connectivity index (χ1n) is 5.13. The summed E-state index contributed by atoms with van der Waals surface area (Å²) in [6, 6.07) is 7.64. The third kappa shape index (κ3) is 3.55. The Morgan fingerprint density at radius 2 is 1.94 bits per heavy atom. The molecule has 1 aromatic rings. The lowest BCUT2D eigenvalue weighted by Crippen LogP contribution is -2.41. The maximum absolute atomic E-state index is 13.5. The summed E-state index contributed by atoms with van der Waals surface area (Å²) in [6.07, 6.45) is 0.0869. The summed E-state index contributed by atoms with van der Waals surface area (Å²) in [7, 11) is 1.16. The number of esters is 1. The largest absolute Gasteiger partial charge is 0.467 e. The fourth-order valence-corrected chi connectivity index (χ4v) is 1.45. The minimum absolute atomic E-state index is 0.0869. The molecule has 1 atom stereocenters. The number of carbonyl (C=O) groups is 2. The normalized spacial score (nSPS) is 11.7. The van der Waals surface area contributed by atoms with Gasteiger partial charge in [-0.1, -0.05) is 34.8 Å². The molecule has 0 saturated carbocycles. The van der Waals surface area contributed by atoms with Crippen LogP contribution in [0.1, 0.15) is 12.5 Å². The standard InChI is InChI=1S/C12H14FNO3/c1-9(15)14(13)11(12(16)17-2)8-10-6-4-3-5-7-10/h3-7,11H,8H2,1-2H3/t11-/m0/s1. The summed E-state index contributed by atoms with van der Waals surface area (Å²) in [6.45, 7) is 1.06. The van der Waals surface area contributed by atoms with E-state index in [1.807, 2.05) is 6.07 Å². The van der Waals surface area contributed by atoms with E-state index in [0.29, 0.717) is 0 Å². The van der Waals surface area contributed by atoms with Crippen molar-refractivity contribution in [3.05, 3.63) is 35.9 Å². The van der Waals surface area contributed by atoms with Gasteiger partial charge in [-0.25, -0.2) is 4.79 Å². The minimum Gasteiger partial charge on any atom is -0.467 e. The van der Waals surface area contributed by atoms with Crippen molar-refractivity contribution >= 4 is 11.9 Å². The zero-order valence-corrected chi connectivity index (χ0v) is 9.72. The van der Waals surface area contributed by atoms with E-state index < -0.39 is 17.9 Å². The zero-order valence-electron chi connectivity index (χ0n) is 9.72. The number of amides is 1. The van der Waals surface area contributed by atoms with Crippen molar-refractivity contribution in [2.75, 3.05) is 7.11 Å². The number of ether oxygens (including phenoxy) is 1. The highest BCUT2D eigenvalue weighted by Gasteiger charge is 2.29. The predicted molar refractivity (Wildman–Crippen MR) is 59.6 cm³/mol. The van der Waals surface area contributed by atoms with Gasteiger partial charge in [0.25, 0.3) is 0 Å². The Hall–Kier alpha value is -1.91. The van der Waals surface area contributed by atoms with Crippen molar-refractivity contribution in [3.8, 4) is 0 Å². The summed E-state index contributed by atoms with van der Waals surface area (Å²) in [5.74, 6) is -1.59. The molecular weight excluding hydrogens is 225 g/mol. The second-order valence-corrected chi connectivity index (χ2v) is 3.56. The van der Waals surface area contributed by atoms with Crippen LogP contribution in [0.2, 0.25) is 0 Å². The van der Waals surface area contributed by atoms with E-state index in [1.165, 1.54) is 0 Å². The number of halogens is 1. The molecule has 0 aliphatic rings. The minimum atomic E-state index is -1.24. The number of rotatable bonds is 4. The number of hydrogen-bond acceptors (Lipinski definition) is 3. The Morgan fingerprint density at radius 3 is 2.41 bits per heavy atom. The van der Waals surface area contributed by atoms with Crippen molar-refractivity contribution in [1.82, 2.24) is 5.12 Å². The third-order valence-electron chi connectivity index (χ3n) is 2.32. The van der Waals surface area contributed by atoms with Crippen LogP contribution in [0.5, 0.6) is 0 Å². The Morgan fingerprint density at radius 1 is 1.35 bits per heavy atom. The van der Waals surface area contributed by atoms with Crippen LogP contribution in [0.3, 0.4) is 0 Å². The Kier molecular flexibility index (Phi) is 4.63. The van der Waals surface area contributed by atoms with Gasteiger partial charge < -0.3 is 4.74 Å². The zero-order chi connectivity index (χ0) is 12.8. The van der Waals surface area contributed by atoms with Crippen LogP contribution in [-0.2, 0) is 20.7 Å². The summed E-state index contributed by atoms with van der Waals surface area (Å²) in [5.41, 5.74) is 0.756. The van der Waals surface area contributed by atoms with E-state index in [4.69, 9.17) is 0 Å². The molecule has 4 nitrogen and oxygen atoms in total. The summed E-state index contributed by atoms with van der Waals surface area (Å²) < 4.78 is 18.0. The molecule has 0 aromatic heterocycles. The summed E-state index contributed by atoms with van der Waals surface area (Å²) >= 11 is 0. The summed E-state index contributed by atoms with van der Waals surface area (Å²) in [4.78, 5) is 22.3. The van der Waals surface area contributed by atoms with E-state index in [-0.39, 0.29) is 11.5 Å². The Balaban J connectivity index is 2.85. The first kappa shape index (κ1) is 13.2. The van der Waals surface area contributed by atoms with Crippen LogP contribution in [0.15, 0.2) is 30.3 Å². The molecule has 0 aliphatic carbocycles. The number of benzene rings is 1. The molecule has 0 unspecified atom stereocenters. The lowest BCUT2D eigenvalue weighted by molar-refractivity contribution is -0.166. The van der Waals surface area contributed by atoms with Crippen molar-refractivity contribution < 1.29 is 18.8 Å². The van der Waals surface area contributed by atoms with E-state index in [0.717, 1.165) is 19.6 Å². The summed E-state index contributed by atoms with van der Waals surface area (Å²) in [5, 5.41) is -0.0984. The lowest BCUT2D eigenvalue weighted by Gasteiger charge is -2.20. The highest BCUT2D eigenvalue weighted by Crippen LogP contribution is 2.11. The first-order chi connectivity index (χ1) is 8.06. The maximum atomic E-state index is 13.5. The molecule has 1 aromatic carbocycles. The fraction of sp³-hybridized carbons (Fsp3) is 0.333. The average Bonchev–Trinajstić information content (AvgIpc) is 2.35. The fourth-order valence-electron chi connectivity index (χ4n) is 1.45. The molecule has 17 heavy (non-hydrogen) atoms. The van der Waals surface area contributed by atoms with Gasteiger partial charge in [0.1, 0.15) is 0 Å². The molecule has 0 aliphatic heterocycles. The van der Waals surface area contributed by atoms with E-state index in [9.17, 15) is 14.1 Å². The van der Waals surface area contributed by atoms with E-state index >= 15 is 0 Å². The highest BCUT2D eigenvalue weighted by atomic mass is 19.2. The van der Waals surface area contributed by atoms with Gasteiger partial charge in [-0.05, 0) is 5.56 Å². The van der Waals surface area contributed by atoms with Crippen LogP contribution in [-0.4, -0.2) is 30.2 Å². The van der Waals surface area contributed by atoms with Gasteiger partial charge in [0.15, 0.2) is 6.04 Å². The predicted octanol–water partition coefficient (Wildman–Crippen LogP) is 1.50.